The van der Waals surface area contributed by atoms with Crippen LogP contribution in [-0.4, -0.2) is 14.3 Å². The Hall–Kier alpha value is -3.12. The van der Waals surface area contributed by atoms with E-state index >= 15 is 0 Å². The number of rotatable bonds is 5. The van der Waals surface area contributed by atoms with E-state index in [4.69, 9.17) is 0 Å². The normalized spacial score (nSPS) is 11.2. The van der Waals surface area contributed by atoms with Gasteiger partial charge in [0.25, 0.3) is 15.9 Å². The highest BCUT2D eigenvalue weighted by molar-refractivity contribution is 7.92. The minimum atomic E-state index is -3.81. The quantitative estimate of drug-likeness (QED) is 0.626. The number of hydrogen-bond acceptors (Lipinski definition) is 3. The summed E-state index contributed by atoms with van der Waals surface area (Å²) in [6.45, 7) is 7.79. The van der Waals surface area contributed by atoms with Gasteiger partial charge in [0.2, 0.25) is 0 Å². The molecule has 2 N–H and O–H groups in total. The first kappa shape index (κ1) is 20.6. The highest BCUT2D eigenvalue weighted by Crippen LogP contribution is 2.23. The molecule has 3 rings (SSSR count). The number of amides is 1. The van der Waals surface area contributed by atoms with Crippen LogP contribution in [0.5, 0.6) is 0 Å². The minimum absolute atomic E-state index is 0.0306. The third-order valence-electron chi connectivity index (χ3n) is 4.63. The minimum Gasteiger partial charge on any atom is -0.322 e. The lowest BCUT2D eigenvalue weighted by Gasteiger charge is -2.14. The molecule has 0 spiro atoms. The monoisotopic (exact) mass is 408 g/mol. The zero-order valence-corrected chi connectivity index (χ0v) is 17.7. The molecule has 0 bridgehead atoms. The lowest BCUT2D eigenvalue weighted by atomic mass is 10.0. The van der Waals surface area contributed by atoms with Gasteiger partial charge in [-0.25, -0.2) is 8.42 Å². The lowest BCUT2D eigenvalue weighted by molar-refractivity contribution is 0.102. The Morgan fingerprint density at radius 3 is 2.03 bits per heavy atom. The van der Waals surface area contributed by atoms with Crippen molar-refractivity contribution in [3.63, 3.8) is 0 Å². The zero-order chi connectivity index (χ0) is 21.2. The number of anilines is 2. The van der Waals surface area contributed by atoms with E-state index in [9.17, 15) is 13.2 Å². The topological polar surface area (TPSA) is 75.3 Å². The van der Waals surface area contributed by atoms with E-state index in [1.807, 2.05) is 52.0 Å². The number of carbonyl (C=O) groups excluding carboxylic acids is 1. The van der Waals surface area contributed by atoms with Gasteiger partial charge in [-0.3, -0.25) is 9.52 Å². The number of aryl methyl sites for hydroxylation is 4. The van der Waals surface area contributed by atoms with Crippen molar-refractivity contribution < 1.29 is 13.2 Å². The molecule has 0 aromatic heterocycles. The summed E-state index contributed by atoms with van der Waals surface area (Å²) in [7, 11) is -3.81. The standard InChI is InChI=1S/C23H24N2O3S/c1-15-8-10-20(11-9-15)25-29(27,28)21-7-5-6-19(14-21)23(26)24-22-17(3)12-16(2)13-18(22)4/h5-14,25H,1-4H3,(H,24,26). The van der Waals surface area contributed by atoms with E-state index in [1.54, 1.807) is 24.3 Å². The lowest BCUT2D eigenvalue weighted by Crippen LogP contribution is -2.16. The second-order valence-electron chi connectivity index (χ2n) is 7.23. The average Bonchev–Trinajstić information content (AvgIpc) is 2.66. The van der Waals surface area contributed by atoms with Crippen LogP contribution in [0.4, 0.5) is 11.4 Å². The van der Waals surface area contributed by atoms with Crippen molar-refractivity contribution in [3.05, 3.63) is 88.5 Å². The van der Waals surface area contributed by atoms with Gasteiger partial charge >= 0.3 is 0 Å². The summed E-state index contributed by atoms with van der Waals surface area (Å²) in [5.41, 5.74) is 5.56. The Balaban J connectivity index is 1.85. The fourth-order valence-electron chi connectivity index (χ4n) is 3.20. The molecule has 0 aliphatic heterocycles. The summed E-state index contributed by atoms with van der Waals surface area (Å²) in [5, 5.41) is 2.90. The Morgan fingerprint density at radius 1 is 0.793 bits per heavy atom. The molecule has 0 saturated carbocycles. The van der Waals surface area contributed by atoms with Crippen LogP contribution in [0.15, 0.2) is 65.6 Å². The van der Waals surface area contributed by atoms with Gasteiger partial charge in [-0.1, -0.05) is 41.5 Å². The van der Waals surface area contributed by atoms with Crippen LogP contribution in [0.25, 0.3) is 0 Å². The van der Waals surface area contributed by atoms with Crippen LogP contribution >= 0.6 is 0 Å². The first-order valence-corrected chi connectivity index (χ1v) is 10.7. The van der Waals surface area contributed by atoms with Crippen molar-refractivity contribution in [1.82, 2.24) is 0 Å². The maximum atomic E-state index is 12.8. The molecule has 0 aliphatic rings. The highest BCUT2D eigenvalue weighted by atomic mass is 32.2. The third kappa shape index (κ3) is 4.84. The number of hydrogen-bond donors (Lipinski definition) is 2. The molecule has 0 heterocycles. The molecule has 0 fully saturated rings. The Labute approximate surface area is 171 Å². The van der Waals surface area contributed by atoms with Gasteiger partial charge in [-0.05, 0) is 69.2 Å². The molecule has 3 aromatic rings. The van der Waals surface area contributed by atoms with Crippen LogP contribution in [0.3, 0.4) is 0 Å². The molecular formula is C23H24N2O3S. The number of benzene rings is 3. The van der Waals surface area contributed by atoms with Crippen LogP contribution in [-0.2, 0) is 10.0 Å². The molecule has 3 aromatic carbocycles. The summed E-state index contributed by atoms with van der Waals surface area (Å²) in [6.07, 6.45) is 0. The third-order valence-corrected chi connectivity index (χ3v) is 6.00. The maximum absolute atomic E-state index is 12.8. The second-order valence-corrected chi connectivity index (χ2v) is 8.91. The number of carbonyl (C=O) groups is 1. The Bertz CT molecular complexity index is 1140. The molecule has 150 valence electrons. The van der Waals surface area contributed by atoms with Gasteiger partial charge in [0.05, 0.1) is 4.90 Å². The smallest absolute Gasteiger partial charge is 0.261 e. The van der Waals surface area contributed by atoms with Crippen molar-refractivity contribution in [2.24, 2.45) is 0 Å². The molecule has 0 saturated heterocycles. The predicted molar refractivity (Wildman–Crippen MR) is 117 cm³/mol. The maximum Gasteiger partial charge on any atom is 0.261 e. The summed E-state index contributed by atoms with van der Waals surface area (Å²) in [6, 6.07) is 17.1. The largest absolute Gasteiger partial charge is 0.322 e. The fourth-order valence-corrected chi connectivity index (χ4v) is 4.31. The summed E-state index contributed by atoms with van der Waals surface area (Å²) >= 11 is 0. The van der Waals surface area contributed by atoms with Crippen LogP contribution < -0.4 is 10.0 Å². The van der Waals surface area contributed by atoms with Crippen LogP contribution in [0, 0.1) is 27.7 Å². The van der Waals surface area contributed by atoms with Gasteiger partial charge in [0.1, 0.15) is 0 Å². The van der Waals surface area contributed by atoms with Crippen LogP contribution in [0.2, 0.25) is 0 Å². The van der Waals surface area contributed by atoms with Crippen molar-refractivity contribution in [2.75, 3.05) is 10.0 Å². The van der Waals surface area contributed by atoms with E-state index < -0.39 is 10.0 Å². The Morgan fingerprint density at radius 2 is 1.41 bits per heavy atom. The molecule has 0 radical (unpaired) electrons. The zero-order valence-electron chi connectivity index (χ0n) is 16.9. The SMILES string of the molecule is Cc1ccc(NS(=O)(=O)c2cccc(C(=O)Nc3c(C)cc(C)cc3C)c2)cc1. The van der Waals surface area contributed by atoms with E-state index in [0.717, 1.165) is 27.9 Å². The van der Waals surface area contributed by atoms with E-state index in [1.165, 1.54) is 12.1 Å². The van der Waals surface area contributed by atoms with E-state index in [0.29, 0.717) is 5.69 Å². The molecule has 0 aliphatic carbocycles. The summed E-state index contributed by atoms with van der Waals surface area (Å²) in [4.78, 5) is 12.8. The van der Waals surface area contributed by atoms with Crippen molar-refractivity contribution in [1.29, 1.82) is 0 Å². The van der Waals surface area contributed by atoms with Gasteiger partial charge < -0.3 is 5.32 Å². The molecule has 0 atom stereocenters. The number of sulfonamides is 1. The van der Waals surface area contributed by atoms with Gasteiger partial charge in [-0.2, -0.15) is 0 Å². The molecule has 29 heavy (non-hydrogen) atoms. The predicted octanol–water partition coefficient (Wildman–Crippen LogP) is 4.97. The highest BCUT2D eigenvalue weighted by Gasteiger charge is 2.17. The van der Waals surface area contributed by atoms with Crippen molar-refractivity contribution in [3.8, 4) is 0 Å². The molecule has 1 amide bonds. The van der Waals surface area contributed by atoms with Crippen LogP contribution in [0.1, 0.15) is 32.6 Å². The first-order chi connectivity index (χ1) is 13.7. The second kappa shape index (κ2) is 8.09. The van der Waals surface area contributed by atoms with Crippen molar-refractivity contribution in [2.45, 2.75) is 32.6 Å². The Kier molecular flexibility index (Phi) is 5.75. The number of nitrogens with one attached hydrogen (secondary N) is 2. The van der Waals surface area contributed by atoms with Crippen molar-refractivity contribution >= 4 is 27.3 Å². The van der Waals surface area contributed by atoms with Gasteiger partial charge in [0.15, 0.2) is 0 Å². The molecule has 5 nitrogen and oxygen atoms in total. The van der Waals surface area contributed by atoms with E-state index in [-0.39, 0.29) is 16.4 Å². The van der Waals surface area contributed by atoms with E-state index in [2.05, 4.69) is 10.0 Å². The van der Waals surface area contributed by atoms with Gasteiger partial charge in [-0.15, -0.1) is 0 Å². The molecule has 0 unspecified atom stereocenters. The molecule has 6 heteroatoms. The average molecular weight is 409 g/mol. The fraction of sp³-hybridized carbons (Fsp3) is 0.174. The summed E-state index contributed by atoms with van der Waals surface area (Å²) < 4.78 is 28.0. The van der Waals surface area contributed by atoms with Gasteiger partial charge in [0, 0.05) is 16.9 Å². The summed E-state index contributed by atoms with van der Waals surface area (Å²) in [5.74, 6) is -0.354. The first-order valence-electron chi connectivity index (χ1n) is 9.24. The molecular weight excluding hydrogens is 384 g/mol.